The molecular weight excluding hydrogens is 250 g/mol. The molecule has 1 aromatic heterocycles. The lowest BCUT2D eigenvalue weighted by Crippen LogP contribution is -2.12. The Kier molecular flexibility index (Phi) is 3.67. The maximum atomic E-state index is 11.5. The van der Waals surface area contributed by atoms with Gasteiger partial charge in [-0.05, 0) is 31.0 Å². The van der Waals surface area contributed by atoms with Gasteiger partial charge >= 0.3 is 0 Å². The highest BCUT2D eigenvalue weighted by atomic mass is 35.5. The highest BCUT2D eigenvalue weighted by molar-refractivity contribution is 6.31. The van der Waals surface area contributed by atoms with Crippen LogP contribution in [0.4, 0.5) is 11.6 Å². The predicted octanol–water partition coefficient (Wildman–Crippen LogP) is 3.04. The van der Waals surface area contributed by atoms with Gasteiger partial charge < -0.3 is 5.32 Å². The van der Waals surface area contributed by atoms with Gasteiger partial charge in [-0.2, -0.15) is 0 Å². The molecule has 0 aliphatic heterocycles. The van der Waals surface area contributed by atoms with Gasteiger partial charge in [-0.25, -0.2) is 4.98 Å². The molecule has 0 saturated heterocycles. The number of halogens is 1. The Morgan fingerprint density at radius 1 is 1.44 bits per heavy atom. The number of aromatic nitrogens is 2. The van der Waals surface area contributed by atoms with Crippen molar-refractivity contribution < 1.29 is 0 Å². The summed E-state index contributed by atoms with van der Waals surface area (Å²) in [6.45, 7) is 3.86. The molecule has 0 bridgehead atoms. The zero-order valence-electron chi connectivity index (χ0n) is 10.2. The van der Waals surface area contributed by atoms with Crippen molar-refractivity contribution in [3.05, 3.63) is 50.9 Å². The van der Waals surface area contributed by atoms with Crippen molar-refractivity contribution >= 4 is 23.2 Å². The number of nitrogens with one attached hydrogen (secondary N) is 2. The molecule has 0 saturated carbocycles. The van der Waals surface area contributed by atoms with Gasteiger partial charge in [0.25, 0.3) is 5.56 Å². The largest absolute Gasteiger partial charge is 0.325 e. The number of hydrogen-bond donors (Lipinski definition) is 2. The molecule has 0 unspecified atom stereocenters. The minimum Gasteiger partial charge on any atom is -0.325 e. The van der Waals surface area contributed by atoms with Crippen molar-refractivity contribution in [3.63, 3.8) is 0 Å². The molecule has 2 N–H and O–H groups in total. The summed E-state index contributed by atoms with van der Waals surface area (Å²) in [7, 11) is 0. The molecule has 0 spiro atoms. The van der Waals surface area contributed by atoms with E-state index in [0.29, 0.717) is 17.4 Å². The first-order valence-electron chi connectivity index (χ1n) is 5.72. The van der Waals surface area contributed by atoms with E-state index in [9.17, 15) is 4.79 Å². The Hall–Kier alpha value is -1.81. The average Bonchev–Trinajstić information content (AvgIpc) is 2.34. The van der Waals surface area contributed by atoms with Crippen LogP contribution in [-0.2, 0) is 6.42 Å². The van der Waals surface area contributed by atoms with Gasteiger partial charge in [0, 0.05) is 22.5 Å². The van der Waals surface area contributed by atoms with Crippen molar-refractivity contribution in [2.75, 3.05) is 5.32 Å². The Labute approximate surface area is 110 Å². The van der Waals surface area contributed by atoms with Crippen LogP contribution in [0.3, 0.4) is 0 Å². The normalized spacial score (nSPS) is 10.4. The molecule has 2 rings (SSSR count). The zero-order chi connectivity index (χ0) is 13.1. The maximum Gasteiger partial charge on any atom is 0.252 e. The van der Waals surface area contributed by atoms with E-state index in [0.717, 1.165) is 16.9 Å². The molecule has 2 aromatic rings. The van der Waals surface area contributed by atoms with Crippen LogP contribution in [0.1, 0.15) is 18.2 Å². The highest BCUT2D eigenvalue weighted by Gasteiger charge is 2.04. The monoisotopic (exact) mass is 263 g/mol. The second-order valence-corrected chi connectivity index (χ2v) is 4.38. The Balaban J connectivity index is 2.37. The van der Waals surface area contributed by atoms with E-state index in [1.165, 1.54) is 6.07 Å². The number of rotatable bonds is 3. The fourth-order valence-corrected chi connectivity index (χ4v) is 1.79. The summed E-state index contributed by atoms with van der Waals surface area (Å²) in [5, 5.41) is 3.75. The van der Waals surface area contributed by atoms with Crippen LogP contribution in [0.2, 0.25) is 5.02 Å². The lowest BCUT2D eigenvalue weighted by Gasteiger charge is -2.10. The van der Waals surface area contributed by atoms with Crippen molar-refractivity contribution in [2.45, 2.75) is 20.3 Å². The molecule has 0 aliphatic rings. The molecule has 4 nitrogen and oxygen atoms in total. The standard InChI is InChI=1S/C13H14ClN3O/c1-3-9-7-12(18)17-13(15-9)16-11-6-4-5-10(14)8(11)2/h4-7H,3H2,1-2H3,(H2,15,16,17,18). The Bertz CT molecular complexity index is 622. The van der Waals surface area contributed by atoms with Crippen molar-refractivity contribution in [1.82, 2.24) is 9.97 Å². The molecule has 1 heterocycles. The number of hydrogen-bond acceptors (Lipinski definition) is 3. The summed E-state index contributed by atoms with van der Waals surface area (Å²) in [5.74, 6) is 0.435. The third-order valence-electron chi connectivity index (χ3n) is 2.68. The van der Waals surface area contributed by atoms with E-state index in [1.54, 1.807) is 0 Å². The summed E-state index contributed by atoms with van der Waals surface area (Å²) in [6, 6.07) is 7.05. The van der Waals surface area contributed by atoms with E-state index in [4.69, 9.17) is 11.6 Å². The van der Waals surface area contributed by atoms with Crippen molar-refractivity contribution in [1.29, 1.82) is 0 Å². The summed E-state index contributed by atoms with van der Waals surface area (Å²) in [5.41, 5.74) is 2.34. The second-order valence-electron chi connectivity index (χ2n) is 3.98. The van der Waals surface area contributed by atoms with E-state index < -0.39 is 0 Å². The van der Waals surface area contributed by atoms with Gasteiger partial charge in [0.15, 0.2) is 0 Å². The molecule has 1 aromatic carbocycles. The van der Waals surface area contributed by atoms with Crippen LogP contribution < -0.4 is 10.9 Å². The van der Waals surface area contributed by atoms with Gasteiger partial charge in [0.2, 0.25) is 5.95 Å². The summed E-state index contributed by atoms with van der Waals surface area (Å²) < 4.78 is 0. The quantitative estimate of drug-likeness (QED) is 0.895. The van der Waals surface area contributed by atoms with Crippen LogP contribution in [0, 0.1) is 6.92 Å². The SMILES string of the molecule is CCc1cc(=O)[nH]c(Nc2cccc(Cl)c2C)n1. The molecule has 0 aliphatic carbocycles. The second kappa shape index (κ2) is 5.23. The lowest BCUT2D eigenvalue weighted by atomic mass is 10.2. The van der Waals surface area contributed by atoms with Crippen LogP contribution in [0.15, 0.2) is 29.1 Å². The first kappa shape index (κ1) is 12.6. The average molecular weight is 264 g/mol. The lowest BCUT2D eigenvalue weighted by molar-refractivity contribution is 0.985. The molecule has 94 valence electrons. The van der Waals surface area contributed by atoms with Gasteiger partial charge in [-0.1, -0.05) is 24.6 Å². The fraction of sp³-hybridized carbons (Fsp3) is 0.231. The maximum absolute atomic E-state index is 11.5. The Morgan fingerprint density at radius 3 is 2.94 bits per heavy atom. The third kappa shape index (κ3) is 2.71. The molecule has 18 heavy (non-hydrogen) atoms. The number of benzene rings is 1. The number of H-pyrrole nitrogens is 1. The van der Waals surface area contributed by atoms with E-state index >= 15 is 0 Å². The number of aryl methyl sites for hydroxylation is 1. The molecule has 0 radical (unpaired) electrons. The molecule has 0 amide bonds. The summed E-state index contributed by atoms with van der Waals surface area (Å²) >= 11 is 6.04. The number of anilines is 2. The summed E-state index contributed by atoms with van der Waals surface area (Å²) in [6.07, 6.45) is 0.715. The minimum absolute atomic E-state index is 0.163. The minimum atomic E-state index is -0.163. The fourth-order valence-electron chi connectivity index (χ4n) is 1.62. The molecule has 5 heteroatoms. The van der Waals surface area contributed by atoms with Gasteiger partial charge in [0.1, 0.15) is 0 Å². The van der Waals surface area contributed by atoms with Crippen molar-refractivity contribution in [2.24, 2.45) is 0 Å². The number of aromatic amines is 1. The highest BCUT2D eigenvalue weighted by Crippen LogP contribution is 2.24. The van der Waals surface area contributed by atoms with E-state index in [1.807, 2.05) is 32.0 Å². The number of nitrogens with zero attached hydrogens (tertiary/aromatic N) is 1. The topological polar surface area (TPSA) is 57.8 Å². The Morgan fingerprint density at radius 2 is 2.22 bits per heavy atom. The van der Waals surface area contributed by atoms with Crippen LogP contribution in [0.5, 0.6) is 0 Å². The van der Waals surface area contributed by atoms with Gasteiger partial charge in [-0.3, -0.25) is 9.78 Å². The zero-order valence-corrected chi connectivity index (χ0v) is 11.0. The van der Waals surface area contributed by atoms with Crippen molar-refractivity contribution in [3.8, 4) is 0 Å². The van der Waals surface area contributed by atoms with Gasteiger partial charge in [0.05, 0.1) is 0 Å². The summed E-state index contributed by atoms with van der Waals surface area (Å²) in [4.78, 5) is 18.4. The van der Waals surface area contributed by atoms with E-state index in [-0.39, 0.29) is 5.56 Å². The first-order valence-corrected chi connectivity index (χ1v) is 6.10. The van der Waals surface area contributed by atoms with Gasteiger partial charge in [-0.15, -0.1) is 0 Å². The van der Waals surface area contributed by atoms with Crippen LogP contribution in [-0.4, -0.2) is 9.97 Å². The van der Waals surface area contributed by atoms with Crippen LogP contribution >= 0.6 is 11.6 Å². The molecule has 0 fully saturated rings. The molecule has 0 atom stereocenters. The third-order valence-corrected chi connectivity index (χ3v) is 3.09. The van der Waals surface area contributed by atoms with Crippen LogP contribution in [0.25, 0.3) is 0 Å². The smallest absolute Gasteiger partial charge is 0.252 e. The predicted molar refractivity (Wildman–Crippen MR) is 73.7 cm³/mol. The van der Waals surface area contributed by atoms with E-state index in [2.05, 4.69) is 15.3 Å². The molecular formula is C13H14ClN3O. The first-order chi connectivity index (χ1) is 8.60.